The van der Waals surface area contributed by atoms with Gasteiger partial charge in [0, 0.05) is 30.1 Å². The molecule has 1 aliphatic heterocycles. The van der Waals surface area contributed by atoms with Crippen LogP contribution in [-0.4, -0.2) is 45.0 Å². The topological polar surface area (TPSA) is 75.7 Å². The summed E-state index contributed by atoms with van der Waals surface area (Å²) in [6.45, 7) is 3.66. The number of ether oxygens (including phenoxy) is 1. The fraction of sp³-hybridized carbons (Fsp3) is 0.353. The zero-order chi connectivity index (χ0) is 17.9. The number of hydrogen-bond donors (Lipinski definition) is 1. The minimum absolute atomic E-state index is 0.0166. The number of sulfonamides is 1. The van der Waals surface area contributed by atoms with E-state index in [1.54, 1.807) is 17.0 Å². The Kier molecular flexibility index (Phi) is 5.53. The smallest absolute Gasteiger partial charge is 0.254 e. The zero-order valence-corrected chi connectivity index (χ0v) is 15.5. The van der Waals surface area contributed by atoms with Crippen molar-refractivity contribution in [3.63, 3.8) is 0 Å². The standard InChI is InChI=1S/C17H20N2O4S2/c1-13-12-19(7-8-23-13)17(20)14-4-2-6-16(10-14)25(21,22)18-11-15-5-3-9-24-15/h2-6,9-10,13,18H,7-8,11-12H2,1H3. The van der Waals surface area contributed by atoms with Gasteiger partial charge in [0.1, 0.15) is 0 Å². The second-order valence-corrected chi connectivity index (χ2v) is 8.66. The van der Waals surface area contributed by atoms with Crippen LogP contribution < -0.4 is 4.72 Å². The molecule has 1 amide bonds. The molecular weight excluding hydrogens is 360 g/mol. The van der Waals surface area contributed by atoms with Crippen LogP contribution in [0.25, 0.3) is 0 Å². The van der Waals surface area contributed by atoms with Crippen molar-refractivity contribution in [3.05, 3.63) is 52.2 Å². The number of thiophene rings is 1. The number of rotatable bonds is 5. The minimum Gasteiger partial charge on any atom is -0.375 e. The number of morpholine rings is 1. The Labute approximate surface area is 151 Å². The highest BCUT2D eigenvalue weighted by Crippen LogP contribution is 2.16. The van der Waals surface area contributed by atoms with Crippen LogP contribution in [-0.2, 0) is 21.3 Å². The van der Waals surface area contributed by atoms with Crippen LogP contribution in [0.4, 0.5) is 0 Å². The Balaban J connectivity index is 1.75. The van der Waals surface area contributed by atoms with E-state index in [1.165, 1.54) is 23.5 Å². The highest BCUT2D eigenvalue weighted by molar-refractivity contribution is 7.89. The number of carbonyl (C=O) groups excluding carboxylic acids is 1. The number of amides is 1. The zero-order valence-electron chi connectivity index (χ0n) is 13.8. The van der Waals surface area contributed by atoms with Crippen molar-refractivity contribution in [1.29, 1.82) is 0 Å². The van der Waals surface area contributed by atoms with Gasteiger partial charge in [0.05, 0.1) is 17.6 Å². The molecule has 0 spiro atoms. The van der Waals surface area contributed by atoms with Crippen LogP contribution in [0.2, 0.25) is 0 Å². The average Bonchev–Trinajstić information content (AvgIpc) is 3.13. The third kappa shape index (κ3) is 4.46. The summed E-state index contributed by atoms with van der Waals surface area (Å²) in [5, 5.41) is 1.90. The Morgan fingerprint density at radius 2 is 2.20 bits per heavy atom. The van der Waals surface area contributed by atoms with E-state index >= 15 is 0 Å². The Morgan fingerprint density at radius 1 is 1.36 bits per heavy atom. The SMILES string of the molecule is CC1CN(C(=O)c2cccc(S(=O)(=O)NCc3cccs3)c2)CCO1. The van der Waals surface area contributed by atoms with Crippen molar-refractivity contribution in [1.82, 2.24) is 9.62 Å². The van der Waals surface area contributed by atoms with Gasteiger partial charge in [-0.15, -0.1) is 11.3 Å². The van der Waals surface area contributed by atoms with Crippen molar-refractivity contribution in [2.45, 2.75) is 24.5 Å². The van der Waals surface area contributed by atoms with Crippen LogP contribution in [0.1, 0.15) is 22.2 Å². The molecule has 1 aliphatic rings. The first-order valence-electron chi connectivity index (χ1n) is 7.99. The van der Waals surface area contributed by atoms with Gasteiger partial charge < -0.3 is 9.64 Å². The Morgan fingerprint density at radius 3 is 2.92 bits per heavy atom. The van der Waals surface area contributed by atoms with Crippen molar-refractivity contribution in [2.24, 2.45) is 0 Å². The molecule has 1 atom stereocenters. The number of nitrogens with zero attached hydrogens (tertiary/aromatic N) is 1. The quantitative estimate of drug-likeness (QED) is 0.862. The Hall–Kier alpha value is -1.74. The van der Waals surface area contributed by atoms with E-state index < -0.39 is 10.0 Å². The third-order valence-electron chi connectivity index (χ3n) is 3.94. The van der Waals surface area contributed by atoms with Crippen LogP contribution in [0, 0.1) is 0 Å². The van der Waals surface area contributed by atoms with Crippen LogP contribution in [0.15, 0.2) is 46.7 Å². The Bertz CT molecular complexity index is 834. The second-order valence-electron chi connectivity index (χ2n) is 5.86. The second kappa shape index (κ2) is 7.65. The van der Waals surface area contributed by atoms with Crippen molar-refractivity contribution in [2.75, 3.05) is 19.7 Å². The van der Waals surface area contributed by atoms with E-state index in [1.807, 2.05) is 24.4 Å². The van der Waals surface area contributed by atoms with Gasteiger partial charge in [-0.1, -0.05) is 12.1 Å². The molecule has 134 valence electrons. The van der Waals surface area contributed by atoms with E-state index in [9.17, 15) is 13.2 Å². The van der Waals surface area contributed by atoms with E-state index in [4.69, 9.17) is 4.74 Å². The number of benzene rings is 1. The lowest BCUT2D eigenvalue weighted by atomic mass is 10.2. The molecule has 3 rings (SSSR count). The van der Waals surface area contributed by atoms with Gasteiger partial charge in [0.25, 0.3) is 5.91 Å². The summed E-state index contributed by atoms with van der Waals surface area (Å²) >= 11 is 1.49. The lowest BCUT2D eigenvalue weighted by Gasteiger charge is -2.31. The van der Waals surface area contributed by atoms with E-state index in [0.29, 0.717) is 25.3 Å². The molecule has 0 saturated carbocycles. The van der Waals surface area contributed by atoms with Crippen molar-refractivity contribution >= 4 is 27.3 Å². The van der Waals surface area contributed by atoms with Gasteiger partial charge in [0.2, 0.25) is 10.0 Å². The molecule has 0 aliphatic carbocycles. The minimum atomic E-state index is -3.67. The van der Waals surface area contributed by atoms with Gasteiger partial charge in [0.15, 0.2) is 0 Å². The molecule has 1 aromatic carbocycles. The maximum Gasteiger partial charge on any atom is 0.254 e. The predicted molar refractivity (Wildman–Crippen MR) is 96.1 cm³/mol. The first kappa shape index (κ1) is 18.1. The fourth-order valence-corrected chi connectivity index (χ4v) is 4.43. The van der Waals surface area contributed by atoms with Gasteiger partial charge in [-0.2, -0.15) is 0 Å². The van der Waals surface area contributed by atoms with E-state index in [-0.39, 0.29) is 23.5 Å². The molecule has 1 saturated heterocycles. The van der Waals surface area contributed by atoms with Crippen LogP contribution in [0.5, 0.6) is 0 Å². The lowest BCUT2D eigenvalue weighted by molar-refractivity contribution is -0.0124. The molecule has 1 aromatic heterocycles. The first-order chi connectivity index (χ1) is 12.0. The van der Waals surface area contributed by atoms with Crippen molar-refractivity contribution < 1.29 is 17.9 Å². The largest absolute Gasteiger partial charge is 0.375 e. The molecule has 1 unspecified atom stereocenters. The van der Waals surface area contributed by atoms with Gasteiger partial charge in [-0.25, -0.2) is 13.1 Å². The van der Waals surface area contributed by atoms with E-state index in [0.717, 1.165) is 4.88 Å². The predicted octanol–water partition coefficient (Wildman–Crippen LogP) is 2.09. The summed E-state index contributed by atoms with van der Waals surface area (Å²) in [4.78, 5) is 15.3. The monoisotopic (exact) mass is 380 g/mol. The number of carbonyl (C=O) groups is 1. The number of nitrogens with one attached hydrogen (secondary N) is 1. The normalized spacial score (nSPS) is 18.3. The molecule has 2 heterocycles. The number of hydrogen-bond acceptors (Lipinski definition) is 5. The molecule has 1 N–H and O–H groups in total. The third-order valence-corrected chi connectivity index (χ3v) is 6.21. The summed E-state index contributed by atoms with van der Waals surface area (Å²) in [6, 6.07) is 9.90. The maximum absolute atomic E-state index is 12.6. The lowest BCUT2D eigenvalue weighted by Crippen LogP contribution is -2.44. The van der Waals surface area contributed by atoms with Crippen LogP contribution >= 0.6 is 11.3 Å². The highest BCUT2D eigenvalue weighted by Gasteiger charge is 2.24. The molecule has 2 aromatic rings. The molecule has 0 radical (unpaired) electrons. The molecule has 25 heavy (non-hydrogen) atoms. The average molecular weight is 380 g/mol. The molecule has 6 nitrogen and oxygen atoms in total. The molecule has 1 fully saturated rings. The highest BCUT2D eigenvalue weighted by atomic mass is 32.2. The molecule has 8 heteroatoms. The first-order valence-corrected chi connectivity index (χ1v) is 10.3. The maximum atomic E-state index is 12.6. The van der Waals surface area contributed by atoms with E-state index in [2.05, 4.69) is 4.72 Å². The van der Waals surface area contributed by atoms with Gasteiger partial charge in [-0.3, -0.25) is 4.79 Å². The fourth-order valence-electron chi connectivity index (χ4n) is 2.64. The summed E-state index contributed by atoms with van der Waals surface area (Å²) in [5.74, 6) is -0.176. The van der Waals surface area contributed by atoms with Crippen molar-refractivity contribution in [3.8, 4) is 0 Å². The summed E-state index contributed by atoms with van der Waals surface area (Å²) in [7, 11) is -3.67. The summed E-state index contributed by atoms with van der Waals surface area (Å²) in [6.07, 6.45) is -0.0166. The van der Waals surface area contributed by atoms with Crippen LogP contribution in [0.3, 0.4) is 0 Å². The van der Waals surface area contributed by atoms with Gasteiger partial charge >= 0.3 is 0 Å². The van der Waals surface area contributed by atoms with Gasteiger partial charge in [-0.05, 0) is 36.6 Å². The molecule has 0 bridgehead atoms. The summed E-state index contributed by atoms with van der Waals surface area (Å²) in [5.41, 5.74) is 0.369. The summed E-state index contributed by atoms with van der Waals surface area (Å²) < 4.78 is 33.0. The molecular formula is C17H20N2O4S2.